The molecular weight excluding hydrogens is 260 g/mol. The lowest BCUT2D eigenvalue weighted by Crippen LogP contribution is -2.35. The Morgan fingerprint density at radius 2 is 1.45 bits per heavy atom. The van der Waals surface area contributed by atoms with Gasteiger partial charge in [0.25, 0.3) is 11.8 Å². The lowest BCUT2D eigenvalue weighted by atomic mass is 10.0. The van der Waals surface area contributed by atoms with Crippen molar-refractivity contribution in [1.82, 2.24) is 10.6 Å². The van der Waals surface area contributed by atoms with E-state index in [9.17, 15) is 19.8 Å². The Hall–Kier alpha value is -2.24. The fourth-order valence-corrected chi connectivity index (χ4v) is 1.67. The Labute approximate surface area is 117 Å². The van der Waals surface area contributed by atoms with Crippen molar-refractivity contribution in [2.75, 3.05) is 0 Å². The van der Waals surface area contributed by atoms with Gasteiger partial charge < -0.3 is 20.8 Å². The maximum atomic E-state index is 12.1. The number of phenolic OH excluding ortho intramolecular Hbond substituents is 2. The monoisotopic (exact) mass is 280 g/mol. The number of hydrogen-bond donors (Lipinski definition) is 4. The summed E-state index contributed by atoms with van der Waals surface area (Å²) in [4.78, 5) is 24.1. The third kappa shape index (κ3) is 3.63. The van der Waals surface area contributed by atoms with Crippen molar-refractivity contribution in [1.29, 1.82) is 0 Å². The van der Waals surface area contributed by atoms with Gasteiger partial charge in [-0.05, 0) is 39.8 Å². The van der Waals surface area contributed by atoms with Crippen LogP contribution in [0.15, 0.2) is 12.1 Å². The molecule has 6 heteroatoms. The number of rotatable bonds is 4. The fraction of sp³-hybridized carbons (Fsp3) is 0.429. The van der Waals surface area contributed by atoms with Gasteiger partial charge in [0.2, 0.25) is 0 Å². The molecule has 0 saturated heterocycles. The number of carbonyl (C=O) groups is 2. The van der Waals surface area contributed by atoms with Crippen molar-refractivity contribution in [3.8, 4) is 11.5 Å². The minimum atomic E-state index is -0.609. The number of carbonyl (C=O) groups excluding carboxylic acids is 2. The number of phenols is 2. The summed E-state index contributed by atoms with van der Waals surface area (Å²) in [6, 6.07) is 2.21. The molecular formula is C14H20N2O4. The van der Waals surface area contributed by atoms with Crippen LogP contribution >= 0.6 is 0 Å². The van der Waals surface area contributed by atoms with E-state index in [-0.39, 0.29) is 23.2 Å². The van der Waals surface area contributed by atoms with Crippen LogP contribution in [0.3, 0.4) is 0 Å². The standard InChI is InChI=1S/C14H20N2O4/c1-7(2)15-13(19)9-5-6-10(17)12(18)11(9)14(20)16-8(3)4/h5-8,17-18H,1-4H3,(H,15,19)(H,16,20). The molecule has 6 nitrogen and oxygen atoms in total. The van der Waals surface area contributed by atoms with E-state index in [0.717, 1.165) is 0 Å². The zero-order chi connectivity index (χ0) is 15.4. The average Bonchev–Trinajstić information content (AvgIpc) is 2.30. The molecule has 0 saturated carbocycles. The van der Waals surface area contributed by atoms with Gasteiger partial charge in [0, 0.05) is 12.1 Å². The molecule has 0 aromatic heterocycles. The smallest absolute Gasteiger partial charge is 0.256 e. The summed E-state index contributed by atoms with van der Waals surface area (Å²) in [6.07, 6.45) is 0. The Morgan fingerprint density at radius 3 is 1.95 bits per heavy atom. The highest BCUT2D eigenvalue weighted by Gasteiger charge is 2.24. The molecule has 0 radical (unpaired) electrons. The number of nitrogens with one attached hydrogen (secondary N) is 2. The van der Waals surface area contributed by atoms with E-state index in [1.807, 2.05) is 0 Å². The Kier molecular flexibility index (Phi) is 4.96. The molecule has 0 bridgehead atoms. The van der Waals surface area contributed by atoms with Crippen LogP contribution in [-0.2, 0) is 0 Å². The van der Waals surface area contributed by atoms with E-state index in [1.54, 1.807) is 27.7 Å². The number of benzene rings is 1. The first-order valence-electron chi connectivity index (χ1n) is 6.40. The van der Waals surface area contributed by atoms with Crippen LogP contribution in [0.1, 0.15) is 48.4 Å². The highest BCUT2D eigenvalue weighted by molar-refractivity contribution is 6.09. The maximum Gasteiger partial charge on any atom is 0.256 e. The minimum Gasteiger partial charge on any atom is -0.504 e. The first-order chi connectivity index (χ1) is 9.23. The van der Waals surface area contributed by atoms with Crippen LogP contribution in [0.4, 0.5) is 0 Å². The van der Waals surface area contributed by atoms with Gasteiger partial charge in [0.15, 0.2) is 11.5 Å². The second-order valence-corrected chi connectivity index (χ2v) is 5.11. The van der Waals surface area contributed by atoms with Crippen LogP contribution in [0, 0.1) is 0 Å². The van der Waals surface area contributed by atoms with E-state index in [0.29, 0.717) is 0 Å². The summed E-state index contributed by atoms with van der Waals surface area (Å²) in [5.74, 6) is -2.13. The van der Waals surface area contributed by atoms with Crippen molar-refractivity contribution >= 4 is 11.8 Å². The van der Waals surface area contributed by atoms with Gasteiger partial charge >= 0.3 is 0 Å². The van der Waals surface area contributed by atoms with Crippen molar-refractivity contribution in [2.24, 2.45) is 0 Å². The number of amides is 2. The Morgan fingerprint density at radius 1 is 0.950 bits per heavy atom. The average molecular weight is 280 g/mol. The van der Waals surface area contributed by atoms with Crippen molar-refractivity contribution in [3.63, 3.8) is 0 Å². The van der Waals surface area contributed by atoms with Gasteiger partial charge in [-0.15, -0.1) is 0 Å². The summed E-state index contributed by atoms with van der Waals surface area (Å²) in [6.45, 7) is 7.08. The predicted octanol–water partition coefficient (Wildman–Crippen LogP) is 1.37. The molecule has 0 spiro atoms. The molecule has 2 amide bonds. The van der Waals surface area contributed by atoms with Crippen molar-refractivity contribution in [3.05, 3.63) is 23.3 Å². The summed E-state index contributed by atoms with van der Waals surface area (Å²) in [5, 5.41) is 24.6. The number of aromatic hydroxyl groups is 2. The van der Waals surface area contributed by atoms with E-state index in [1.165, 1.54) is 12.1 Å². The predicted molar refractivity (Wildman–Crippen MR) is 75.0 cm³/mol. The van der Waals surface area contributed by atoms with Crippen LogP contribution < -0.4 is 10.6 Å². The zero-order valence-electron chi connectivity index (χ0n) is 12.0. The third-order valence-electron chi connectivity index (χ3n) is 2.47. The molecule has 110 valence electrons. The number of hydrogen-bond acceptors (Lipinski definition) is 4. The van der Waals surface area contributed by atoms with Gasteiger partial charge in [0.1, 0.15) is 0 Å². The van der Waals surface area contributed by atoms with Gasteiger partial charge in [-0.1, -0.05) is 0 Å². The van der Waals surface area contributed by atoms with Gasteiger partial charge in [-0.3, -0.25) is 9.59 Å². The molecule has 1 aromatic rings. The van der Waals surface area contributed by atoms with Gasteiger partial charge in [-0.2, -0.15) is 0 Å². The van der Waals surface area contributed by atoms with Crippen LogP contribution in [0.25, 0.3) is 0 Å². The summed E-state index contributed by atoms with van der Waals surface area (Å²) >= 11 is 0. The van der Waals surface area contributed by atoms with E-state index in [2.05, 4.69) is 10.6 Å². The lowest BCUT2D eigenvalue weighted by molar-refractivity contribution is 0.0905. The summed E-state index contributed by atoms with van der Waals surface area (Å²) in [5.41, 5.74) is -0.205. The second kappa shape index (κ2) is 6.27. The third-order valence-corrected chi connectivity index (χ3v) is 2.47. The molecule has 0 fully saturated rings. The first-order valence-corrected chi connectivity index (χ1v) is 6.40. The molecule has 1 rings (SSSR count). The summed E-state index contributed by atoms with van der Waals surface area (Å²) < 4.78 is 0. The lowest BCUT2D eigenvalue weighted by Gasteiger charge is -2.15. The SMILES string of the molecule is CC(C)NC(=O)c1ccc(O)c(O)c1C(=O)NC(C)C. The quantitative estimate of drug-likeness (QED) is 0.626. The minimum absolute atomic E-state index is 0.0205. The highest BCUT2D eigenvalue weighted by Crippen LogP contribution is 2.31. The molecule has 0 aliphatic rings. The maximum absolute atomic E-state index is 12.1. The molecule has 1 aromatic carbocycles. The van der Waals surface area contributed by atoms with Crippen LogP contribution in [-0.4, -0.2) is 34.1 Å². The largest absolute Gasteiger partial charge is 0.504 e. The molecule has 20 heavy (non-hydrogen) atoms. The molecule has 0 aliphatic heterocycles. The first kappa shape index (κ1) is 15.8. The molecule has 0 unspecified atom stereocenters. The Bertz CT molecular complexity index is 524. The molecule has 0 aliphatic carbocycles. The highest BCUT2D eigenvalue weighted by atomic mass is 16.3. The topological polar surface area (TPSA) is 98.7 Å². The van der Waals surface area contributed by atoms with Gasteiger partial charge in [-0.25, -0.2) is 0 Å². The molecule has 4 N–H and O–H groups in total. The fourth-order valence-electron chi connectivity index (χ4n) is 1.67. The second-order valence-electron chi connectivity index (χ2n) is 5.11. The summed E-state index contributed by atoms with van der Waals surface area (Å²) in [7, 11) is 0. The van der Waals surface area contributed by atoms with Crippen LogP contribution in [0.2, 0.25) is 0 Å². The Balaban J connectivity index is 3.27. The van der Waals surface area contributed by atoms with E-state index >= 15 is 0 Å². The zero-order valence-corrected chi connectivity index (χ0v) is 12.0. The van der Waals surface area contributed by atoms with Crippen molar-refractivity contribution < 1.29 is 19.8 Å². The normalized spacial score (nSPS) is 10.7. The van der Waals surface area contributed by atoms with Gasteiger partial charge in [0.05, 0.1) is 11.1 Å². The molecule has 0 heterocycles. The van der Waals surface area contributed by atoms with E-state index < -0.39 is 23.3 Å². The van der Waals surface area contributed by atoms with Crippen LogP contribution in [0.5, 0.6) is 11.5 Å². The molecule has 0 atom stereocenters. The van der Waals surface area contributed by atoms with Crippen molar-refractivity contribution in [2.45, 2.75) is 39.8 Å². The van der Waals surface area contributed by atoms with E-state index in [4.69, 9.17) is 0 Å².